The van der Waals surface area contributed by atoms with Crippen molar-refractivity contribution < 1.29 is 13.2 Å². The highest BCUT2D eigenvalue weighted by atomic mass is 32.2. The van der Waals surface area contributed by atoms with Crippen LogP contribution in [0.4, 0.5) is 5.13 Å². The van der Waals surface area contributed by atoms with Gasteiger partial charge in [-0.1, -0.05) is 30.7 Å². The zero-order valence-electron chi connectivity index (χ0n) is 13.8. The smallest absolute Gasteiger partial charge is 0.244 e. The Morgan fingerprint density at radius 1 is 1.42 bits per heavy atom. The maximum atomic E-state index is 12.6. The zero-order chi connectivity index (χ0) is 17.3. The number of hydrogen-bond acceptors (Lipinski definition) is 5. The molecule has 0 aliphatic carbocycles. The van der Waals surface area contributed by atoms with Crippen LogP contribution in [0, 0.1) is 0 Å². The lowest BCUT2D eigenvalue weighted by Crippen LogP contribution is -2.49. The van der Waals surface area contributed by atoms with Gasteiger partial charge in [0.15, 0.2) is 5.13 Å². The molecule has 1 N–H and O–H groups in total. The number of rotatable bonds is 4. The van der Waals surface area contributed by atoms with Crippen molar-refractivity contribution in [3.05, 3.63) is 23.8 Å². The second-order valence-electron chi connectivity index (χ2n) is 6.05. The fourth-order valence-corrected chi connectivity index (χ4v) is 5.05. The number of nitrogens with zero attached hydrogens (tertiary/aromatic N) is 2. The lowest BCUT2D eigenvalue weighted by atomic mass is 10.0. The standard InChI is InChI=1S/C16H21N3O3S2/c1-3-11-7-8-12-14(10-11)23-16(17-12)18-15(20)13-6-4-5-9-19(13)24(2,21)22/h7-8,10,13H,3-6,9H2,1-2H3,(H,17,18,20). The molecule has 1 amide bonds. The number of benzene rings is 1. The van der Waals surface area contributed by atoms with E-state index in [2.05, 4.69) is 23.3 Å². The van der Waals surface area contributed by atoms with Gasteiger partial charge in [-0.2, -0.15) is 4.31 Å². The minimum atomic E-state index is -3.39. The molecule has 1 unspecified atom stereocenters. The summed E-state index contributed by atoms with van der Waals surface area (Å²) in [7, 11) is -3.39. The molecule has 2 heterocycles. The van der Waals surface area contributed by atoms with Gasteiger partial charge in [-0.25, -0.2) is 13.4 Å². The number of nitrogens with one attached hydrogen (secondary N) is 1. The lowest BCUT2D eigenvalue weighted by molar-refractivity contribution is -0.120. The molecule has 1 aromatic heterocycles. The topological polar surface area (TPSA) is 79.4 Å². The number of sulfonamides is 1. The van der Waals surface area contributed by atoms with E-state index in [1.165, 1.54) is 21.2 Å². The van der Waals surface area contributed by atoms with Gasteiger partial charge < -0.3 is 5.32 Å². The summed E-state index contributed by atoms with van der Waals surface area (Å²) in [4.78, 5) is 17.0. The SMILES string of the molecule is CCc1ccc2nc(NC(=O)C3CCCCN3S(C)(=O)=O)sc2c1. The van der Waals surface area contributed by atoms with E-state index in [0.29, 0.717) is 18.1 Å². The summed E-state index contributed by atoms with van der Waals surface area (Å²) in [5.74, 6) is -0.296. The first-order valence-electron chi connectivity index (χ1n) is 8.05. The van der Waals surface area contributed by atoms with Crippen molar-refractivity contribution in [2.75, 3.05) is 18.1 Å². The van der Waals surface area contributed by atoms with Gasteiger partial charge in [0.05, 0.1) is 16.5 Å². The van der Waals surface area contributed by atoms with E-state index in [9.17, 15) is 13.2 Å². The third-order valence-electron chi connectivity index (χ3n) is 4.27. The van der Waals surface area contributed by atoms with E-state index in [4.69, 9.17) is 0 Å². The van der Waals surface area contributed by atoms with Crippen molar-refractivity contribution in [3.63, 3.8) is 0 Å². The maximum absolute atomic E-state index is 12.6. The first-order valence-corrected chi connectivity index (χ1v) is 10.7. The Labute approximate surface area is 145 Å². The van der Waals surface area contributed by atoms with Gasteiger partial charge in [0.1, 0.15) is 6.04 Å². The summed E-state index contributed by atoms with van der Waals surface area (Å²) in [5.41, 5.74) is 2.07. The van der Waals surface area contributed by atoms with Gasteiger partial charge in [0.25, 0.3) is 0 Å². The summed E-state index contributed by atoms with van der Waals surface area (Å²) in [6.07, 6.45) is 4.29. The third-order valence-corrected chi connectivity index (χ3v) is 6.50. The normalized spacial score (nSPS) is 19.5. The Morgan fingerprint density at radius 2 is 2.21 bits per heavy atom. The minimum absolute atomic E-state index is 0.296. The van der Waals surface area contributed by atoms with Crippen molar-refractivity contribution >= 4 is 42.6 Å². The molecule has 2 aromatic rings. The number of aromatic nitrogens is 1. The maximum Gasteiger partial charge on any atom is 0.244 e. The average molecular weight is 367 g/mol. The van der Waals surface area contributed by atoms with E-state index in [-0.39, 0.29) is 5.91 Å². The van der Waals surface area contributed by atoms with Crippen molar-refractivity contribution in [2.24, 2.45) is 0 Å². The van der Waals surface area contributed by atoms with E-state index in [0.717, 1.165) is 35.7 Å². The monoisotopic (exact) mass is 367 g/mol. The molecule has 6 nitrogen and oxygen atoms in total. The first kappa shape index (κ1) is 17.3. The van der Waals surface area contributed by atoms with Crippen molar-refractivity contribution in [2.45, 2.75) is 38.6 Å². The highest BCUT2D eigenvalue weighted by molar-refractivity contribution is 7.88. The van der Waals surface area contributed by atoms with Crippen LogP contribution < -0.4 is 5.32 Å². The number of carbonyl (C=O) groups excluding carboxylic acids is 1. The number of fused-ring (bicyclic) bond motifs is 1. The van der Waals surface area contributed by atoms with Crippen LogP contribution in [-0.4, -0.2) is 42.5 Å². The Hall–Kier alpha value is -1.51. The van der Waals surface area contributed by atoms with Crippen LogP contribution in [0.15, 0.2) is 18.2 Å². The predicted octanol–water partition coefficient (Wildman–Crippen LogP) is 2.61. The van der Waals surface area contributed by atoms with Crippen LogP contribution >= 0.6 is 11.3 Å². The summed E-state index contributed by atoms with van der Waals surface area (Å²) in [6, 6.07) is 5.41. The van der Waals surface area contributed by atoms with E-state index < -0.39 is 16.1 Å². The van der Waals surface area contributed by atoms with Gasteiger partial charge >= 0.3 is 0 Å². The molecule has 1 saturated heterocycles. The summed E-state index contributed by atoms with van der Waals surface area (Å²) in [5, 5.41) is 3.32. The molecule has 0 saturated carbocycles. The molecule has 1 atom stereocenters. The van der Waals surface area contributed by atoms with Gasteiger partial charge in [-0.3, -0.25) is 4.79 Å². The van der Waals surface area contributed by atoms with Crippen LogP contribution in [-0.2, 0) is 21.2 Å². The molecule has 3 rings (SSSR count). The van der Waals surface area contributed by atoms with Crippen molar-refractivity contribution in [1.82, 2.24) is 9.29 Å². The van der Waals surface area contributed by atoms with Crippen molar-refractivity contribution in [1.29, 1.82) is 0 Å². The number of piperidine rings is 1. The molecule has 130 valence electrons. The molecule has 0 radical (unpaired) electrons. The molecule has 0 spiro atoms. The Kier molecular flexibility index (Phi) is 4.89. The van der Waals surface area contributed by atoms with Crippen LogP contribution in [0.25, 0.3) is 10.2 Å². The summed E-state index contributed by atoms with van der Waals surface area (Å²) >= 11 is 1.42. The fraction of sp³-hybridized carbons (Fsp3) is 0.500. The molecular formula is C16H21N3O3S2. The fourth-order valence-electron chi connectivity index (χ4n) is 3.00. The second-order valence-corrected chi connectivity index (χ2v) is 9.01. The van der Waals surface area contributed by atoms with Crippen LogP contribution in [0.2, 0.25) is 0 Å². The predicted molar refractivity (Wildman–Crippen MR) is 96.8 cm³/mol. The lowest BCUT2D eigenvalue weighted by Gasteiger charge is -2.32. The number of amides is 1. The van der Waals surface area contributed by atoms with E-state index in [1.54, 1.807) is 0 Å². The van der Waals surface area contributed by atoms with Crippen LogP contribution in [0.5, 0.6) is 0 Å². The van der Waals surface area contributed by atoms with E-state index >= 15 is 0 Å². The molecule has 8 heteroatoms. The number of hydrogen-bond donors (Lipinski definition) is 1. The van der Waals surface area contributed by atoms with Crippen molar-refractivity contribution in [3.8, 4) is 0 Å². The van der Waals surface area contributed by atoms with E-state index in [1.807, 2.05) is 12.1 Å². The zero-order valence-corrected chi connectivity index (χ0v) is 15.4. The van der Waals surface area contributed by atoms with Gasteiger partial charge in [-0.05, 0) is 37.0 Å². The van der Waals surface area contributed by atoms with Gasteiger partial charge in [-0.15, -0.1) is 0 Å². The molecule has 1 fully saturated rings. The summed E-state index contributed by atoms with van der Waals surface area (Å²) in [6.45, 7) is 2.49. The molecular weight excluding hydrogens is 346 g/mol. The third kappa shape index (κ3) is 3.60. The van der Waals surface area contributed by atoms with Crippen LogP contribution in [0.1, 0.15) is 31.7 Å². The Bertz CT molecular complexity index is 861. The second kappa shape index (κ2) is 6.78. The first-order chi connectivity index (χ1) is 11.4. The quantitative estimate of drug-likeness (QED) is 0.901. The Morgan fingerprint density at radius 3 is 2.92 bits per heavy atom. The average Bonchev–Trinajstić information content (AvgIpc) is 2.95. The van der Waals surface area contributed by atoms with Gasteiger partial charge in [0.2, 0.25) is 15.9 Å². The highest BCUT2D eigenvalue weighted by Gasteiger charge is 2.34. The number of carbonyl (C=O) groups is 1. The molecule has 0 bridgehead atoms. The van der Waals surface area contributed by atoms with Crippen LogP contribution in [0.3, 0.4) is 0 Å². The number of thiazole rings is 1. The Balaban J connectivity index is 1.80. The van der Waals surface area contributed by atoms with Gasteiger partial charge in [0, 0.05) is 6.54 Å². The molecule has 1 aliphatic rings. The highest BCUT2D eigenvalue weighted by Crippen LogP contribution is 2.28. The minimum Gasteiger partial charge on any atom is -0.301 e. The largest absolute Gasteiger partial charge is 0.301 e. The summed E-state index contributed by atoms with van der Waals surface area (Å²) < 4.78 is 26.1. The number of anilines is 1. The molecule has 1 aromatic carbocycles. The molecule has 1 aliphatic heterocycles. The molecule has 24 heavy (non-hydrogen) atoms. The number of aryl methyl sites for hydroxylation is 1.